The molecular formula is C26H25ClN2O. The molecule has 0 aliphatic carbocycles. The number of para-hydroxylation sites is 2. The molecule has 4 aromatic rings. The fourth-order valence-corrected chi connectivity index (χ4v) is 3.52. The fourth-order valence-electron chi connectivity index (χ4n) is 3.40. The van der Waals surface area contributed by atoms with Gasteiger partial charge in [0.15, 0.2) is 0 Å². The van der Waals surface area contributed by atoms with E-state index in [4.69, 9.17) is 21.3 Å². The molecule has 0 radical (unpaired) electrons. The van der Waals surface area contributed by atoms with Crippen LogP contribution in [0.3, 0.4) is 0 Å². The Kier molecular flexibility index (Phi) is 6.50. The fraction of sp³-hybridized carbons (Fsp3) is 0.192. The standard InChI is InChI=1S/C26H25ClN2O/c1-20-8-15-23(16-9-20)30-19-5-4-18-29-25-7-3-2-6-24(25)28-26(29)17-12-21-10-13-22(27)14-11-21/h2-3,6-17H,4-5,18-19H2,1H3/b17-12+. The summed E-state index contributed by atoms with van der Waals surface area (Å²) in [6.07, 6.45) is 6.16. The van der Waals surface area contributed by atoms with E-state index in [1.54, 1.807) is 0 Å². The minimum atomic E-state index is 0.714. The minimum absolute atomic E-state index is 0.714. The molecule has 152 valence electrons. The molecule has 0 saturated carbocycles. The smallest absolute Gasteiger partial charge is 0.133 e. The number of hydrogen-bond donors (Lipinski definition) is 0. The maximum atomic E-state index is 5.99. The van der Waals surface area contributed by atoms with Gasteiger partial charge in [0.25, 0.3) is 0 Å². The van der Waals surface area contributed by atoms with Crippen LogP contribution in [0.4, 0.5) is 0 Å². The van der Waals surface area contributed by atoms with E-state index in [-0.39, 0.29) is 0 Å². The highest BCUT2D eigenvalue weighted by Crippen LogP contribution is 2.20. The minimum Gasteiger partial charge on any atom is -0.494 e. The molecular weight excluding hydrogens is 392 g/mol. The van der Waals surface area contributed by atoms with E-state index < -0.39 is 0 Å². The van der Waals surface area contributed by atoms with E-state index in [0.717, 1.165) is 52.6 Å². The number of unbranched alkanes of at least 4 members (excludes halogenated alkanes) is 1. The summed E-state index contributed by atoms with van der Waals surface area (Å²) in [4.78, 5) is 4.82. The average Bonchev–Trinajstić information content (AvgIpc) is 3.12. The first kappa shape index (κ1) is 20.2. The zero-order valence-corrected chi connectivity index (χ0v) is 17.8. The van der Waals surface area contributed by atoms with Gasteiger partial charge in [0.05, 0.1) is 17.6 Å². The molecule has 0 amide bonds. The van der Waals surface area contributed by atoms with E-state index in [1.807, 2.05) is 42.5 Å². The van der Waals surface area contributed by atoms with Crippen molar-refractivity contribution in [1.82, 2.24) is 9.55 Å². The lowest BCUT2D eigenvalue weighted by atomic mass is 10.2. The van der Waals surface area contributed by atoms with Crippen molar-refractivity contribution in [3.63, 3.8) is 0 Å². The van der Waals surface area contributed by atoms with Gasteiger partial charge in [-0.3, -0.25) is 0 Å². The van der Waals surface area contributed by atoms with E-state index in [9.17, 15) is 0 Å². The van der Waals surface area contributed by atoms with Gasteiger partial charge in [-0.2, -0.15) is 0 Å². The molecule has 0 atom stereocenters. The van der Waals surface area contributed by atoms with Crippen molar-refractivity contribution in [3.05, 3.63) is 94.8 Å². The third kappa shape index (κ3) is 5.11. The van der Waals surface area contributed by atoms with Gasteiger partial charge in [-0.25, -0.2) is 4.98 Å². The highest BCUT2D eigenvalue weighted by atomic mass is 35.5. The van der Waals surface area contributed by atoms with Gasteiger partial charge in [0, 0.05) is 11.6 Å². The Balaban J connectivity index is 1.42. The molecule has 0 spiro atoms. The number of aryl methyl sites for hydroxylation is 2. The summed E-state index contributed by atoms with van der Waals surface area (Å²) in [5.74, 6) is 1.89. The first-order valence-electron chi connectivity index (χ1n) is 10.3. The molecule has 0 aliphatic rings. The van der Waals surface area contributed by atoms with Gasteiger partial charge in [0.2, 0.25) is 0 Å². The van der Waals surface area contributed by atoms with E-state index in [2.05, 4.69) is 54.0 Å². The summed E-state index contributed by atoms with van der Waals surface area (Å²) in [6.45, 7) is 3.70. The van der Waals surface area contributed by atoms with Gasteiger partial charge in [-0.1, -0.05) is 59.6 Å². The monoisotopic (exact) mass is 416 g/mol. The molecule has 1 heterocycles. The van der Waals surface area contributed by atoms with Crippen LogP contribution in [-0.2, 0) is 6.54 Å². The Morgan fingerprint density at radius 1 is 0.900 bits per heavy atom. The van der Waals surface area contributed by atoms with Crippen LogP contribution in [0, 0.1) is 6.92 Å². The van der Waals surface area contributed by atoms with Crippen molar-refractivity contribution in [2.24, 2.45) is 0 Å². The number of nitrogens with zero attached hydrogens (tertiary/aromatic N) is 2. The molecule has 3 aromatic carbocycles. The van der Waals surface area contributed by atoms with Crippen LogP contribution in [0.15, 0.2) is 72.8 Å². The van der Waals surface area contributed by atoms with Crippen molar-refractivity contribution >= 4 is 34.8 Å². The summed E-state index contributed by atoms with van der Waals surface area (Å²) in [5.41, 5.74) is 4.52. The van der Waals surface area contributed by atoms with Gasteiger partial charge >= 0.3 is 0 Å². The topological polar surface area (TPSA) is 27.1 Å². The van der Waals surface area contributed by atoms with E-state index in [1.165, 1.54) is 5.56 Å². The maximum Gasteiger partial charge on any atom is 0.133 e. The number of benzene rings is 3. The van der Waals surface area contributed by atoms with Crippen molar-refractivity contribution in [2.45, 2.75) is 26.3 Å². The van der Waals surface area contributed by atoms with Gasteiger partial charge < -0.3 is 9.30 Å². The van der Waals surface area contributed by atoms with Crippen LogP contribution in [0.25, 0.3) is 23.2 Å². The summed E-state index contributed by atoms with van der Waals surface area (Å²) in [5, 5.41) is 0.743. The third-order valence-corrected chi connectivity index (χ3v) is 5.30. The molecule has 0 fully saturated rings. The predicted molar refractivity (Wildman–Crippen MR) is 126 cm³/mol. The van der Waals surface area contributed by atoms with Crippen molar-refractivity contribution in [3.8, 4) is 5.75 Å². The highest BCUT2D eigenvalue weighted by molar-refractivity contribution is 6.30. The number of ether oxygens (including phenoxy) is 1. The van der Waals surface area contributed by atoms with Gasteiger partial charge in [-0.15, -0.1) is 0 Å². The van der Waals surface area contributed by atoms with Gasteiger partial charge in [0.1, 0.15) is 11.6 Å². The summed E-state index contributed by atoms with van der Waals surface area (Å²) in [7, 11) is 0. The second kappa shape index (κ2) is 9.64. The van der Waals surface area contributed by atoms with Crippen LogP contribution >= 0.6 is 11.6 Å². The molecule has 0 N–H and O–H groups in total. The zero-order chi connectivity index (χ0) is 20.8. The second-order valence-corrected chi connectivity index (χ2v) is 7.80. The molecule has 0 unspecified atom stereocenters. The Morgan fingerprint density at radius 3 is 2.47 bits per heavy atom. The summed E-state index contributed by atoms with van der Waals surface area (Å²) >= 11 is 5.99. The number of fused-ring (bicyclic) bond motifs is 1. The quantitative estimate of drug-likeness (QED) is 0.288. The molecule has 1 aromatic heterocycles. The molecule has 30 heavy (non-hydrogen) atoms. The normalized spacial score (nSPS) is 11.4. The van der Waals surface area contributed by atoms with Crippen molar-refractivity contribution in [1.29, 1.82) is 0 Å². The molecule has 0 aliphatic heterocycles. The average molecular weight is 417 g/mol. The Morgan fingerprint density at radius 2 is 1.67 bits per heavy atom. The lowest BCUT2D eigenvalue weighted by Crippen LogP contribution is -2.04. The first-order chi connectivity index (χ1) is 14.7. The Hall–Kier alpha value is -3.04. The SMILES string of the molecule is Cc1ccc(OCCCCn2c(/C=C/c3ccc(Cl)cc3)nc3ccccc32)cc1. The van der Waals surface area contributed by atoms with Crippen LogP contribution in [0.1, 0.15) is 29.8 Å². The zero-order valence-electron chi connectivity index (χ0n) is 17.1. The van der Waals surface area contributed by atoms with Crippen molar-refractivity contribution in [2.75, 3.05) is 6.61 Å². The van der Waals surface area contributed by atoms with Crippen LogP contribution in [0.5, 0.6) is 5.75 Å². The van der Waals surface area contributed by atoms with Crippen LogP contribution in [0.2, 0.25) is 5.02 Å². The molecule has 0 bridgehead atoms. The summed E-state index contributed by atoms with van der Waals surface area (Å²) < 4.78 is 8.15. The molecule has 4 heteroatoms. The van der Waals surface area contributed by atoms with Crippen LogP contribution < -0.4 is 4.74 Å². The Labute approximate surface area is 182 Å². The van der Waals surface area contributed by atoms with E-state index >= 15 is 0 Å². The number of hydrogen-bond acceptors (Lipinski definition) is 2. The molecule has 0 saturated heterocycles. The largest absolute Gasteiger partial charge is 0.494 e. The number of rotatable bonds is 8. The number of halogens is 1. The third-order valence-electron chi connectivity index (χ3n) is 5.04. The first-order valence-corrected chi connectivity index (χ1v) is 10.7. The Bertz CT molecular complexity index is 1130. The van der Waals surface area contributed by atoms with Crippen LogP contribution in [-0.4, -0.2) is 16.2 Å². The lowest BCUT2D eigenvalue weighted by Gasteiger charge is -2.09. The highest BCUT2D eigenvalue weighted by Gasteiger charge is 2.08. The van der Waals surface area contributed by atoms with E-state index in [0.29, 0.717) is 6.61 Å². The number of imidazole rings is 1. The lowest BCUT2D eigenvalue weighted by molar-refractivity contribution is 0.303. The molecule has 3 nitrogen and oxygen atoms in total. The summed E-state index contributed by atoms with van der Waals surface area (Å²) in [6, 6.07) is 24.3. The maximum absolute atomic E-state index is 5.99. The predicted octanol–water partition coefficient (Wildman–Crippen LogP) is 7.03. The van der Waals surface area contributed by atoms with Gasteiger partial charge in [-0.05, 0) is 67.8 Å². The number of aromatic nitrogens is 2. The molecule has 4 rings (SSSR count). The van der Waals surface area contributed by atoms with Crippen molar-refractivity contribution < 1.29 is 4.74 Å². The second-order valence-electron chi connectivity index (χ2n) is 7.36.